The molecule has 7 heteroatoms. The number of sulfonamides is 1. The second kappa shape index (κ2) is 5.89. The highest BCUT2D eigenvalue weighted by Crippen LogP contribution is 2.23. The Bertz CT molecular complexity index is 687. The monoisotopic (exact) mass is 292 g/mol. The van der Waals surface area contributed by atoms with Crippen molar-refractivity contribution in [3.63, 3.8) is 0 Å². The van der Waals surface area contributed by atoms with Gasteiger partial charge in [0, 0.05) is 18.9 Å². The molecule has 106 valence electrons. The molecule has 0 aliphatic heterocycles. The second-order valence-electron chi connectivity index (χ2n) is 4.17. The lowest BCUT2D eigenvalue weighted by Crippen LogP contribution is -2.18. The molecular weight excluding hydrogens is 276 g/mol. The number of nitrogen functional groups attached to an aromatic ring is 1. The van der Waals surface area contributed by atoms with Crippen molar-refractivity contribution in [2.45, 2.75) is 11.4 Å². The smallest absolute Gasteiger partial charge is 0.240 e. The quantitative estimate of drug-likeness (QED) is 0.719. The molecule has 0 spiro atoms. The van der Waals surface area contributed by atoms with E-state index in [0.717, 1.165) is 5.56 Å². The number of hydrogen-bond donors (Lipinski definition) is 3. The molecule has 0 saturated carbocycles. The first kappa shape index (κ1) is 14.3. The summed E-state index contributed by atoms with van der Waals surface area (Å²) >= 11 is 0. The van der Waals surface area contributed by atoms with E-state index in [1.807, 2.05) is 12.1 Å². The van der Waals surface area contributed by atoms with Crippen LogP contribution in [0.5, 0.6) is 0 Å². The Hall–Kier alpha value is -2.12. The summed E-state index contributed by atoms with van der Waals surface area (Å²) in [6.07, 6.45) is 3.39. The average Bonchev–Trinajstić information content (AvgIpc) is 2.47. The first-order valence-electron chi connectivity index (χ1n) is 5.99. The van der Waals surface area contributed by atoms with Gasteiger partial charge in [-0.25, -0.2) is 13.1 Å². The van der Waals surface area contributed by atoms with Crippen LogP contribution in [0.3, 0.4) is 0 Å². The van der Waals surface area contributed by atoms with Crippen molar-refractivity contribution in [3.8, 4) is 0 Å². The minimum atomic E-state index is -3.48. The molecular formula is C13H16N4O2S. The average molecular weight is 292 g/mol. The molecule has 0 atom stereocenters. The van der Waals surface area contributed by atoms with E-state index in [1.165, 1.54) is 19.2 Å². The zero-order valence-electron chi connectivity index (χ0n) is 11.0. The number of anilines is 2. The van der Waals surface area contributed by atoms with Gasteiger partial charge in [-0.3, -0.25) is 4.98 Å². The topological polar surface area (TPSA) is 97.1 Å². The lowest BCUT2D eigenvalue weighted by molar-refractivity contribution is 0.588. The van der Waals surface area contributed by atoms with E-state index in [4.69, 9.17) is 5.73 Å². The van der Waals surface area contributed by atoms with Crippen LogP contribution in [0.1, 0.15) is 5.56 Å². The molecule has 0 unspecified atom stereocenters. The number of hydrogen-bond acceptors (Lipinski definition) is 5. The number of aromatic nitrogens is 1. The Balaban J connectivity index is 2.22. The fourth-order valence-corrected chi connectivity index (χ4v) is 2.43. The molecule has 0 amide bonds. The van der Waals surface area contributed by atoms with E-state index in [9.17, 15) is 8.42 Å². The Morgan fingerprint density at radius 2 is 1.90 bits per heavy atom. The number of rotatable bonds is 5. The number of benzene rings is 1. The lowest BCUT2D eigenvalue weighted by Gasteiger charge is -2.11. The molecule has 0 bridgehead atoms. The van der Waals surface area contributed by atoms with Crippen LogP contribution in [-0.2, 0) is 16.6 Å². The van der Waals surface area contributed by atoms with Crippen molar-refractivity contribution < 1.29 is 8.42 Å². The van der Waals surface area contributed by atoms with Crippen LogP contribution in [0.15, 0.2) is 47.6 Å². The maximum atomic E-state index is 11.8. The predicted molar refractivity (Wildman–Crippen MR) is 78.7 cm³/mol. The van der Waals surface area contributed by atoms with Crippen molar-refractivity contribution in [1.29, 1.82) is 0 Å². The van der Waals surface area contributed by atoms with Crippen LogP contribution in [0.2, 0.25) is 0 Å². The van der Waals surface area contributed by atoms with Gasteiger partial charge in [0.15, 0.2) is 0 Å². The minimum Gasteiger partial charge on any atom is -0.397 e. The lowest BCUT2D eigenvalue weighted by atomic mass is 10.2. The summed E-state index contributed by atoms with van der Waals surface area (Å²) in [5.41, 5.74) is 7.95. The fraction of sp³-hybridized carbons (Fsp3) is 0.154. The van der Waals surface area contributed by atoms with Gasteiger partial charge in [0.05, 0.1) is 16.3 Å². The zero-order chi connectivity index (χ0) is 14.6. The Morgan fingerprint density at radius 1 is 1.20 bits per heavy atom. The molecule has 4 N–H and O–H groups in total. The highest BCUT2D eigenvalue weighted by Gasteiger charge is 2.13. The number of nitrogens with two attached hydrogens (primary N) is 1. The number of nitrogens with zero attached hydrogens (tertiary/aromatic N) is 1. The fourth-order valence-electron chi connectivity index (χ4n) is 1.67. The first-order chi connectivity index (χ1) is 9.53. The highest BCUT2D eigenvalue weighted by atomic mass is 32.2. The molecule has 0 aliphatic rings. The van der Waals surface area contributed by atoms with E-state index in [1.54, 1.807) is 18.5 Å². The summed E-state index contributed by atoms with van der Waals surface area (Å²) in [5.74, 6) is 0. The van der Waals surface area contributed by atoms with Gasteiger partial charge in [0.1, 0.15) is 0 Å². The standard InChI is InChI=1S/C13H16N4O2S/c1-15-20(18,19)11-2-3-12(14)13(8-11)17-9-10-4-6-16-7-5-10/h2-8,15,17H,9,14H2,1H3. The van der Waals surface area contributed by atoms with E-state index in [2.05, 4.69) is 15.0 Å². The van der Waals surface area contributed by atoms with E-state index < -0.39 is 10.0 Å². The third-order valence-corrected chi connectivity index (χ3v) is 4.25. The first-order valence-corrected chi connectivity index (χ1v) is 7.47. The summed E-state index contributed by atoms with van der Waals surface area (Å²) in [5, 5.41) is 3.12. The van der Waals surface area contributed by atoms with Crippen molar-refractivity contribution in [3.05, 3.63) is 48.3 Å². The predicted octanol–water partition coefficient (Wildman–Crippen LogP) is 1.18. The van der Waals surface area contributed by atoms with Crippen LogP contribution in [0.4, 0.5) is 11.4 Å². The molecule has 6 nitrogen and oxygen atoms in total. The molecule has 0 radical (unpaired) electrons. The van der Waals surface area contributed by atoms with Crippen LogP contribution in [-0.4, -0.2) is 20.4 Å². The van der Waals surface area contributed by atoms with Crippen LogP contribution >= 0.6 is 0 Å². The molecule has 2 aromatic rings. The SMILES string of the molecule is CNS(=O)(=O)c1ccc(N)c(NCc2ccncc2)c1. The van der Waals surface area contributed by atoms with E-state index >= 15 is 0 Å². The van der Waals surface area contributed by atoms with Gasteiger partial charge in [-0.1, -0.05) is 0 Å². The van der Waals surface area contributed by atoms with Gasteiger partial charge >= 0.3 is 0 Å². The molecule has 1 aromatic carbocycles. The minimum absolute atomic E-state index is 0.173. The number of nitrogens with one attached hydrogen (secondary N) is 2. The van der Waals surface area contributed by atoms with Gasteiger partial charge in [0.2, 0.25) is 10.0 Å². The third kappa shape index (κ3) is 3.25. The summed E-state index contributed by atoms with van der Waals surface area (Å²) in [7, 11) is -2.11. The summed E-state index contributed by atoms with van der Waals surface area (Å²) in [6, 6.07) is 8.30. The van der Waals surface area contributed by atoms with Gasteiger partial charge in [-0.2, -0.15) is 0 Å². The van der Waals surface area contributed by atoms with Gasteiger partial charge < -0.3 is 11.1 Å². The molecule has 1 aromatic heterocycles. The molecule has 0 fully saturated rings. The molecule has 0 saturated heterocycles. The Labute approximate surface area is 118 Å². The summed E-state index contributed by atoms with van der Waals surface area (Å²) in [6.45, 7) is 0.537. The Morgan fingerprint density at radius 3 is 2.55 bits per heavy atom. The van der Waals surface area contributed by atoms with Crippen molar-refractivity contribution in [2.24, 2.45) is 0 Å². The van der Waals surface area contributed by atoms with Crippen molar-refractivity contribution in [1.82, 2.24) is 9.71 Å². The molecule has 2 rings (SSSR count). The third-order valence-electron chi connectivity index (χ3n) is 2.84. The van der Waals surface area contributed by atoms with Crippen LogP contribution < -0.4 is 15.8 Å². The zero-order valence-corrected chi connectivity index (χ0v) is 11.8. The van der Waals surface area contributed by atoms with E-state index in [0.29, 0.717) is 17.9 Å². The molecule has 20 heavy (non-hydrogen) atoms. The molecule has 1 heterocycles. The van der Waals surface area contributed by atoms with Crippen molar-refractivity contribution in [2.75, 3.05) is 18.1 Å². The molecule has 0 aliphatic carbocycles. The highest BCUT2D eigenvalue weighted by molar-refractivity contribution is 7.89. The summed E-state index contributed by atoms with van der Waals surface area (Å²) in [4.78, 5) is 4.11. The van der Waals surface area contributed by atoms with Gasteiger partial charge in [-0.05, 0) is 42.9 Å². The number of pyridine rings is 1. The maximum absolute atomic E-state index is 11.8. The van der Waals surface area contributed by atoms with Crippen LogP contribution in [0, 0.1) is 0 Å². The van der Waals surface area contributed by atoms with Crippen LogP contribution in [0.25, 0.3) is 0 Å². The largest absolute Gasteiger partial charge is 0.397 e. The van der Waals surface area contributed by atoms with Gasteiger partial charge in [0.25, 0.3) is 0 Å². The van der Waals surface area contributed by atoms with Gasteiger partial charge in [-0.15, -0.1) is 0 Å². The Kier molecular flexibility index (Phi) is 4.21. The second-order valence-corrected chi connectivity index (χ2v) is 6.05. The van der Waals surface area contributed by atoms with E-state index in [-0.39, 0.29) is 4.90 Å². The maximum Gasteiger partial charge on any atom is 0.240 e. The van der Waals surface area contributed by atoms with Crippen molar-refractivity contribution >= 4 is 21.4 Å². The summed E-state index contributed by atoms with van der Waals surface area (Å²) < 4.78 is 25.8. The normalized spacial score (nSPS) is 11.2.